The monoisotopic (exact) mass is 282 g/mol. The van der Waals surface area contributed by atoms with Crippen molar-refractivity contribution in [1.29, 1.82) is 0 Å². The van der Waals surface area contributed by atoms with Gasteiger partial charge in [0.2, 0.25) is 5.91 Å². The van der Waals surface area contributed by atoms with Gasteiger partial charge in [-0.15, -0.1) is 0 Å². The highest BCUT2D eigenvalue weighted by molar-refractivity contribution is 6.07. The largest absolute Gasteiger partial charge is 0.350 e. The van der Waals surface area contributed by atoms with Crippen LogP contribution in [0.15, 0.2) is 0 Å². The van der Waals surface area contributed by atoms with Crippen LogP contribution in [0.4, 0.5) is 4.79 Å². The summed E-state index contributed by atoms with van der Waals surface area (Å²) in [5.74, 6) is -0.200. The van der Waals surface area contributed by atoms with Gasteiger partial charge < -0.3 is 15.5 Å². The summed E-state index contributed by atoms with van der Waals surface area (Å²) in [6, 6.07) is -0.439. The van der Waals surface area contributed by atoms with Crippen LogP contribution in [0, 0.1) is 5.92 Å². The van der Waals surface area contributed by atoms with Crippen molar-refractivity contribution in [2.24, 2.45) is 5.92 Å². The second kappa shape index (κ2) is 5.40. The first-order valence-corrected chi connectivity index (χ1v) is 6.95. The second-order valence-electron chi connectivity index (χ2n) is 6.05. The Morgan fingerprint density at radius 3 is 2.70 bits per heavy atom. The lowest BCUT2D eigenvalue weighted by atomic mass is 9.95. The Morgan fingerprint density at radius 2 is 2.15 bits per heavy atom. The van der Waals surface area contributed by atoms with E-state index in [1.54, 1.807) is 13.8 Å². The van der Waals surface area contributed by atoms with Crippen molar-refractivity contribution in [1.82, 2.24) is 20.9 Å². The van der Waals surface area contributed by atoms with Crippen molar-refractivity contribution in [3.8, 4) is 0 Å². The molecule has 2 heterocycles. The molecular formula is C13H22N4O3. The number of rotatable bonds is 3. The molecule has 2 aliphatic heterocycles. The number of hydrogen-bond acceptors (Lipinski definition) is 4. The van der Waals surface area contributed by atoms with Gasteiger partial charge in [0.05, 0.1) is 0 Å². The van der Waals surface area contributed by atoms with Crippen molar-refractivity contribution in [2.75, 3.05) is 19.6 Å². The highest BCUT2D eigenvalue weighted by Gasteiger charge is 2.46. The van der Waals surface area contributed by atoms with Crippen LogP contribution in [0.1, 0.15) is 27.2 Å². The van der Waals surface area contributed by atoms with E-state index in [0.717, 1.165) is 19.5 Å². The molecule has 0 aromatic rings. The lowest BCUT2D eigenvalue weighted by Gasteiger charge is -2.32. The van der Waals surface area contributed by atoms with E-state index in [1.807, 2.05) is 0 Å². The molecule has 20 heavy (non-hydrogen) atoms. The first kappa shape index (κ1) is 14.8. The molecule has 0 radical (unpaired) electrons. The van der Waals surface area contributed by atoms with Gasteiger partial charge in [-0.1, -0.05) is 6.92 Å². The molecular weight excluding hydrogens is 260 g/mol. The molecule has 2 fully saturated rings. The maximum absolute atomic E-state index is 12.1. The number of hydrogen-bond donors (Lipinski definition) is 3. The minimum absolute atomic E-state index is 0.0701. The summed E-state index contributed by atoms with van der Waals surface area (Å²) in [6.45, 7) is 6.96. The number of nitrogens with zero attached hydrogens (tertiary/aromatic N) is 1. The van der Waals surface area contributed by atoms with E-state index in [0.29, 0.717) is 5.92 Å². The number of carbonyl (C=O) groups excluding carboxylic acids is 3. The fourth-order valence-electron chi connectivity index (χ4n) is 2.54. The van der Waals surface area contributed by atoms with Gasteiger partial charge in [0, 0.05) is 12.6 Å². The highest BCUT2D eigenvalue weighted by Crippen LogP contribution is 2.20. The number of nitrogens with one attached hydrogen (secondary N) is 3. The molecule has 0 spiro atoms. The van der Waals surface area contributed by atoms with Gasteiger partial charge in [-0.3, -0.25) is 14.9 Å². The quantitative estimate of drug-likeness (QED) is 0.605. The normalized spacial score (nSPS) is 29.2. The Kier molecular flexibility index (Phi) is 3.99. The number of piperidine rings is 1. The SMILES string of the molecule is CC1CCNCC1NC(=O)CN1C(=O)NC(=O)C1(C)C. The number of carbonyl (C=O) groups is 3. The van der Waals surface area contributed by atoms with Crippen LogP contribution < -0.4 is 16.0 Å². The maximum atomic E-state index is 12.1. The van der Waals surface area contributed by atoms with Crippen LogP contribution in [0.2, 0.25) is 0 Å². The molecule has 2 aliphatic rings. The van der Waals surface area contributed by atoms with E-state index in [2.05, 4.69) is 22.9 Å². The van der Waals surface area contributed by atoms with E-state index < -0.39 is 11.6 Å². The van der Waals surface area contributed by atoms with Crippen molar-refractivity contribution in [3.05, 3.63) is 0 Å². The lowest BCUT2D eigenvalue weighted by Crippen LogP contribution is -2.54. The van der Waals surface area contributed by atoms with E-state index >= 15 is 0 Å². The number of urea groups is 1. The molecule has 0 bridgehead atoms. The molecule has 0 saturated carbocycles. The zero-order valence-corrected chi connectivity index (χ0v) is 12.2. The summed E-state index contributed by atoms with van der Waals surface area (Å²) >= 11 is 0. The predicted octanol–water partition coefficient (Wildman–Crippen LogP) is -0.569. The van der Waals surface area contributed by atoms with Crippen LogP contribution in [0.3, 0.4) is 0 Å². The number of imide groups is 1. The van der Waals surface area contributed by atoms with Gasteiger partial charge >= 0.3 is 6.03 Å². The Labute approximate surface area is 118 Å². The molecule has 2 unspecified atom stereocenters. The molecule has 0 aliphatic carbocycles. The smallest absolute Gasteiger partial charge is 0.325 e. The Bertz CT molecular complexity index is 435. The molecule has 2 atom stereocenters. The second-order valence-corrected chi connectivity index (χ2v) is 6.05. The van der Waals surface area contributed by atoms with Crippen molar-refractivity contribution in [3.63, 3.8) is 0 Å². The average Bonchev–Trinajstić information content (AvgIpc) is 2.55. The molecule has 2 rings (SSSR count). The maximum Gasteiger partial charge on any atom is 0.325 e. The summed E-state index contributed by atoms with van der Waals surface area (Å²) in [4.78, 5) is 36.7. The summed E-state index contributed by atoms with van der Waals surface area (Å²) in [5, 5.41) is 8.40. The van der Waals surface area contributed by atoms with Crippen LogP contribution in [-0.4, -0.2) is 54.0 Å². The third-order valence-electron chi connectivity index (χ3n) is 4.17. The van der Waals surface area contributed by atoms with E-state index in [9.17, 15) is 14.4 Å². The molecule has 0 aromatic carbocycles. The first-order chi connectivity index (χ1) is 9.32. The van der Waals surface area contributed by atoms with Gasteiger partial charge in [0.1, 0.15) is 12.1 Å². The minimum Gasteiger partial charge on any atom is -0.350 e. The predicted molar refractivity (Wildman–Crippen MR) is 72.9 cm³/mol. The molecule has 7 nitrogen and oxygen atoms in total. The summed E-state index contributed by atoms with van der Waals surface area (Å²) in [5.41, 5.74) is -0.981. The van der Waals surface area contributed by atoms with Crippen LogP contribution in [0.25, 0.3) is 0 Å². The van der Waals surface area contributed by atoms with Gasteiger partial charge in [-0.05, 0) is 32.7 Å². The zero-order chi connectivity index (χ0) is 14.9. The van der Waals surface area contributed by atoms with E-state index in [4.69, 9.17) is 0 Å². The van der Waals surface area contributed by atoms with Gasteiger partial charge in [-0.2, -0.15) is 0 Å². The fraction of sp³-hybridized carbons (Fsp3) is 0.769. The van der Waals surface area contributed by atoms with E-state index in [-0.39, 0.29) is 24.4 Å². The van der Waals surface area contributed by atoms with Gasteiger partial charge in [0.25, 0.3) is 5.91 Å². The highest BCUT2D eigenvalue weighted by atomic mass is 16.2. The van der Waals surface area contributed by atoms with Crippen LogP contribution in [-0.2, 0) is 9.59 Å². The molecule has 2 saturated heterocycles. The van der Waals surface area contributed by atoms with Gasteiger partial charge in [-0.25, -0.2) is 4.79 Å². The standard InChI is InChI=1S/C13H22N4O3/c1-8-4-5-14-6-9(8)15-10(18)7-17-12(20)16-11(19)13(17,2)3/h8-9,14H,4-7H2,1-3H3,(H,15,18)(H,16,19,20). The Balaban J connectivity index is 1.94. The Hall–Kier alpha value is -1.63. The first-order valence-electron chi connectivity index (χ1n) is 6.95. The average molecular weight is 282 g/mol. The van der Waals surface area contributed by atoms with Gasteiger partial charge in [0.15, 0.2) is 0 Å². The van der Waals surface area contributed by atoms with Crippen molar-refractivity contribution < 1.29 is 14.4 Å². The molecule has 112 valence electrons. The van der Waals surface area contributed by atoms with Crippen LogP contribution in [0.5, 0.6) is 0 Å². The third-order valence-corrected chi connectivity index (χ3v) is 4.17. The lowest BCUT2D eigenvalue weighted by molar-refractivity contribution is -0.127. The third kappa shape index (κ3) is 2.77. The van der Waals surface area contributed by atoms with Crippen molar-refractivity contribution >= 4 is 17.8 Å². The van der Waals surface area contributed by atoms with Crippen molar-refractivity contribution in [2.45, 2.75) is 38.8 Å². The van der Waals surface area contributed by atoms with E-state index in [1.165, 1.54) is 4.90 Å². The topological polar surface area (TPSA) is 90.5 Å². The fourth-order valence-corrected chi connectivity index (χ4v) is 2.54. The Morgan fingerprint density at radius 1 is 1.45 bits per heavy atom. The summed E-state index contributed by atoms with van der Waals surface area (Å²) in [7, 11) is 0. The summed E-state index contributed by atoms with van der Waals surface area (Å²) in [6.07, 6.45) is 1.01. The molecule has 4 amide bonds. The number of amides is 4. The molecule has 0 aromatic heterocycles. The van der Waals surface area contributed by atoms with Crippen LogP contribution >= 0.6 is 0 Å². The molecule has 3 N–H and O–H groups in total. The molecule has 7 heteroatoms. The zero-order valence-electron chi connectivity index (χ0n) is 12.2. The minimum atomic E-state index is -0.981. The summed E-state index contributed by atoms with van der Waals surface area (Å²) < 4.78 is 0.